The number of nitrogens with one attached hydrogen (secondary N) is 2. The Bertz CT molecular complexity index is 652. The third kappa shape index (κ3) is 3.07. The van der Waals surface area contributed by atoms with Crippen LogP contribution in [0.3, 0.4) is 0 Å². The summed E-state index contributed by atoms with van der Waals surface area (Å²) in [6, 6.07) is 4.26. The standard InChI is InChI=1S/C14H16N4O3/c1-3-10(13-15-7-8-16-13)17-14(19)12-9(2)5-4-6-11(12)18(20)21/h4-8,10H,3H2,1-2H3,(H,15,16)(H,17,19). The molecule has 1 aromatic heterocycles. The van der Waals surface area contributed by atoms with E-state index in [1.807, 2.05) is 6.92 Å². The highest BCUT2D eigenvalue weighted by molar-refractivity contribution is 5.99. The number of carbonyl (C=O) groups is 1. The smallest absolute Gasteiger partial charge is 0.282 e. The van der Waals surface area contributed by atoms with Crippen molar-refractivity contribution in [1.82, 2.24) is 15.3 Å². The number of imidazole rings is 1. The average molecular weight is 288 g/mol. The zero-order chi connectivity index (χ0) is 15.4. The first-order valence-electron chi connectivity index (χ1n) is 6.58. The van der Waals surface area contributed by atoms with Crippen molar-refractivity contribution < 1.29 is 9.72 Å². The molecule has 2 rings (SSSR count). The van der Waals surface area contributed by atoms with Gasteiger partial charge in [0.1, 0.15) is 11.4 Å². The van der Waals surface area contributed by atoms with Crippen molar-refractivity contribution in [2.24, 2.45) is 0 Å². The Kier molecular flexibility index (Phi) is 4.32. The molecule has 7 heteroatoms. The first kappa shape index (κ1) is 14.7. The van der Waals surface area contributed by atoms with E-state index in [1.54, 1.807) is 31.5 Å². The van der Waals surface area contributed by atoms with Gasteiger partial charge in [-0.25, -0.2) is 4.98 Å². The second kappa shape index (κ2) is 6.17. The largest absolute Gasteiger partial charge is 0.347 e. The minimum atomic E-state index is -0.546. The first-order chi connectivity index (χ1) is 10.0. The van der Waals surface area contributed by atoms with Gasteiger partial charge < -0.3 is 10.3 Å². The molecule has 0 saturated heterocycles. The van der Waals surface area contributed by atoms with E-state index >= 15 is 0 Å². The lowest BCUT2D eigenvalue weighted by atomic mass is 10.0. The zero-order valence-corrected chi connectivity index (χ0v) is 11.8. The van der Waals surface area contributed by atoms with Crippen LogP contribution >= 0.6 is 0 Å². The van der Waals surface area contributed by atoms with Gasteiger partial charge in [-0.15, -0.1) is 0 Å². The molecule has 1 amide bonds. The molecule has 2 aromatic rings. The molecule has 1 heterocycles. The summed E-state index contributed by atoms with van der Waals surface area (Å²) in [6.45, 7) is 3.58. The summed E-state index contributed by atoms with van der Waals surface area (Å²) in [5.41, 5.74) is 0.463. The number of benzene rings is 1. The molecule has 0 fully saturated rings. The number of aromatic nitrogens is 2. The predicted octanol–water partition coefficient (Wildman–Crippen LogP) is 2.51. The van der Waals surface area contributed by atoms with Crippen molar-refractivity contribution in [2.75, 3.05) is 0 Å². The quantitative estimate of drug-likeness (QED) is 0.652. The van der Waals surface area contributed by atoms with E-state index < -0.39 is 10.8 Å². The van der Waals surface area contributed by atoms with Crippen LogP contribution in [0.15, 0.2) is 30.6 Å². The monoisotopic (exact) mass is 288 g/mol. The van der Waals surface area contributed by atoms with Gasteiger partial charge in [-0.2, -0.15) is 0 Å². The van der Waals surface area contributed by atoms with Gasteiger partial charge in [-0.1, -0.05) is 19.1 Å². The number of carbonyl (C=O) groups excluding carboxylic acids is 1. The molecule has 110 valence electrons. The van der Waals surface area contributed by atoms with Crippen LogP contribution in [0, 0.1) is 17.0 Å². The molecule has 0 bridgehead atoms. The number of nitro benzene ring substituents is 1. The van der Waals surface area contributed by atoms with Crippen molar-refractivity contribution >= 4 is 11.6 Å². The second-order valence-corrected chi connectivity index (χ2v) is 4.63. The number of hydrogen-bond acceptors (Lipinski definition) is 4. The molecule has 1 unspecified atom stereocenters. The highest BCUT2D eigenvalue weighted by Gasteiger charge is 2.24. The fourth-order valence-corrected chi connectivity index (χ4v) is 2.16. The van der Waals surface area contributed by atoms with Gasteiger partial charge in [0.25, 0.3) is 11.6 Å². The summed E-state index contributed by atoms with van der Waals surface area (Å²) in [4.78, 5) is 30.0. The van der Waals surface area contributed by atoms with E-state index in [0.29, 0.717) is 17.8 Å². The Morgan fingerprint density at radius 2 is 2.29 bits per heavy atom. The van der Waals surface area contributed by atoms with E-state index in [1.165, 1.54) is 6.07 Å². The fourth-order valence-electron chi connectivity index (χ4n) is 2.16. The van der Waals surface area contributed by atoms with E-state index in [4.69, 9.17) is 0 Å². The second-order valence-electron chi connectivity index (χ2n) is 4.63. The van der Waals surface area contributed by atoms with Gasteiger partial charge in [0, 0.05) is 18.5 Å². The number of H-pyrrole nitrogens is 1. The predicted molar refractivity (Wildman–Crippen MR) is 76.9 cm³/mol. The first-order valence-corrected chi connectivity index (χ1v) is 6.58. The zero-order valence-electron chi connectivity index (χ0n) is 11.8. The minimum absolute atomic E-state index is 0.0903. The molecule has 21 heavy (non-hydrogen) atoms. The number of hydrogen-bond donors (Lipinski definition) is 2. The summed E-state index contributed by atoms with van der Waals surface area (Å²) in [5.74, 6) is 0.158. The number of aromatic amines is 1. The van der Waals surface area contributed by atoms with E-state index in [2.05, 4.69) is 15.3 Å². The molecule has 0 radical (unpaired) electrons. The van der Waals surface area contributed by atoms with Gasteiger partial charge in [0.05, 0.1) is 11.0 Å². The number of aryl methyl sites for hydroxylation is 1. The molecule has 2 N–H and O–H groups in total. The Morgan fingerprint density at radius 1 is 1.52 bits per heavy atom. The topological polar surface area (TPSA) is 101 Å². The lowest BCUT2D eigenvalue weighted by Crippen LogP contribution is -2.30. The lowest BCUT2D eigenvalue weighted by Gasteiger charge is -2.15. The Morgan fingerprint density at radius 3 is 2.86 bits per heavy atom. The third-order valence-electron chi connectivity index (χ3n) is 3.24. The van der Waals surface area contributed by atoms with Gasteiger partial charge in [0.15, 0.2) is 0 Å². The number of nitrogens with zero attached hydrogens (tertiary/aromatic N) is 2. The maximum Gasteiger partial charge on any atom is 0.282 e. The molecule has 0 saturated carbocycles. The van der Waals surface area contributed by atoms with Crippen molar-refractivity contribution in [3.63, 3.8) is 0 Å². The van der Waals surface area contributed by atoms with Gasteiger partial charge in [-0.05, 0) is 18.9 Å². The normalized spacial score (nSPS) is 11.9. The van der Waals surface area contributed by atoms with Crippen LogP contribution in [-0.4, -0.2) is 20.8 Å². The Hall–Kier alpha value is -2.70. The molecule has 0 aliphatic heterocycles. The van der Waals surface area contributed by atoms with Crippen LogP contribution in [0.1, 0.15) is 41.1 Å². The van der Waals surface area contributed by atoms with Crippen LogP contribution in [0.4, 0.5) is 5.69 Å². The van der Waals surface area contributed by atoms with E-state index in [0.717, 1.165) is 0 Å². The third-order valence-corrected chi connectivity index (χ3v) is 3.24. The highest BCUT2D eigenvalue weighted by Crippen LogP contribution is 2.23. The molecular formula is C14H16N4O3. The molecule has 1 atom stereocenters. The van der Waals surface area contributed by atoms with Crippen LogP contribution in [-0.2, 0) is 0 Å². The molecule has 0 aliphatic rings. The molecule has 0 spiro atoms. The number of nitro groups is 1. The summed E-state index contributed by atoms with van der Waals surface area (Å²) in [7, 11) is 0. The van der Waals surface area contributed by atoms with Crippen molar-refractivity contribution in [3.05, 3.63) is 57.7 Å². The maximum atomic E-state index is 12.4. The van der Waals surface area contributed by atoms with E-state index in [9.17, 15) is 14.9 Å². The Balaban J connectivity index is 2.30. The summed E-state index contributed by atoms with van der Waals surface area (Å²) in [6.07, 6.45) is 3.89. The van der Waals surface area contributed by atoms with Crippen LogP contribution in [0.25, 0.3) is 0 Å². The van der Waals surface area contributed by atoms with E-state index in [-0.39, 0.29) is 17.3 Å². The average Bonchev–Trinajstić information content (AvgIpc) is 2.98. The summed E-state index contributed by atoms with van der Waals surface area (Å²) >= 11 is 0. The summed E-state index contributed by atoms with van der Waals surface area (Å²) in [5, 5.41) is 13.9. The molecule has 0 aliphatic carbocycles. The molecule has 7 nitrogen and oxygen atoms in total. The van der Waals surface area contributed by atoms with Crippen LogP contribution in [0.2, 0.25) is 0 Å². The maximum absolute atomic E-state index is 12.4. The van der Waals surface area contributed by atoms with Crippen molar-refractivity contribution in [1.29, 1.82) is 0 Å². The lowest BCUT2D eigenvalue weighted by molar-refractivity contribution is -0.385. The molecular weight excluding hydrogens is 272 g/mol. The van der Waals surface area contributed by atoms with Gasteiger partial charge >= 0.3 is 0 Å². The van der Waals surface area contributed by atoms with Crippen molar-refractivity contribution in [3.8, 4) is 0 Å². The van der Waals surface area contributed by atoms with Crippen LogP contribution < -0.4 is 5.32 Å². The van der Waals surface area contributed by atoms with Gasteiger partial charge in [-0.3, -0.25) is 14.9 Å². The van der Waals surface area contributed by atoms with Gasteiger partial charge in [0.2, 0.25) is 0 Å². The number of amides is 1. The fraction of sp³-hybridized carbons (Fsp3) is 0.286. The van der Waals surface area contributed by atoms with Crippen molar-refractivity contribution in [2.45, 2.75) is 26.3 Å². The van der Waals surface area contributed by atoms with Crippen LogP contribution in [0.5, 0.6) is 0 Å². The highest BCUT2D eigenvalue weighted by atomic mass is 16.6. The Labute approximate surface area is 121 Å². The minimum Gasteiger partial charge on any atom is -0.347 e. The number of rotatable bonds is 5. The molecule has 1 aromatic carbocycles. The SMILES string of the molecule is CCC(NC(=O)c1c(C)cccc1[N+](=O)[O-])c1ncc[nH]1. The summed E-state index contributed by atoms with van der Waals surface area (Å²) < 4.78 is 0.